The molecule has 2 rings (SSSR count). The molecule has 1 aromatic heterocycles. The second-order valence-corrected chi connectivity index (χ2v) is 6.29. The Balaban J connectivity index is 1.88. The van der Waals surface area contributed by atoms with Crippen molar-refractivity contribution in [2.75, 3.05) is 19.6 Å². The van der Waals surface area contributed by atoms with Crippen LogP contribution in [0.5, 0.6) is 0 Å². The number of aromatic amines is 1. The van der Waals surface area contributed by atoms with Gasteiger partial charge >= 0.3 is 0 Å². The average Bonchev–Trinajstić information content (AvgIpc) is 2.85. The van der Waals surface area contributed by atoms with Gasteiger partial charge in [-0.2, -0.15) is 5.10 Å². The molecular formula is C10H17N5O3S. The average molecular weight is 287 g/mol. The van der Waals surface area contributed by atoms with Gasteiger partial charge in [0.25, 0.3) is 0 Å². The Morgan fingerprint density at radius 3 is 2.74 bits per heavy atom. The molecule has 1 aliphatic heterocycles. The van der Waals surface area contributed by atoms with E-state index in [0.29, 0.717) is 25.9 Å². The fourth-order valence-electron chi connectivity index (χ4n) is 2.10. The highest BCUT2D eigenvalue weighted by Crippen LogP contribution is 2.13. The van der Waals surface area contributed by atoms with Crippen LogP contribution in [0, 0.1) is 0 Å². The standard InChI is InChI=1S/C10H17N5O3S/c11-10(16)7-15-3-1-8(2-4-15)14-19(17,18)9-5-12-13-6-9/h5-6,8,14H,1-4,7H2,(H2,11,16)(H,12,13). The summed E-state index contributed by atoms with van der Waals surface area (Å²) >= 11 is 0. The van der Waals surface area contributed by atoms with Crippen LogP contribution in [0.4, 0.5) is 0 Å². The molecule has 1 saturated heterocycles. The number of hydrogen-bond donors (Lipinski definition) is 3. The highest BCUT2D eigenvalue weighted by Gasteiger charge is 2.25. The molecule has 0 saturated carbocycles. The zero-order chi connectivity index (χ0) is 13.9. The van der Waals surface area contributed by atoms with Gasteiger partial charge in [0.2, 0.25) is 15.9 Å². The van der Waals surface area contributed by atoms with E-state index in [0.717, 1.165) is 0 Å². The van der Waals surface area contributed by atoms with Crippen molar-refractivity contribution in [3.8, 4) is 0 Å². The van der Waals surface area contributed by atoms with E-state index in [1.54, 1.807) is 0 Å². The number of rotatable bonds is 5. The van der Waals surface area contributed by atoms with Gasteiger partial charge in [-0.05, 0) is 12.8 Å². The molecule has 1 amide bonds. The number of sulfonamides is 1. The molecule has 2 heterocycles. The van der Waals surface area contributed by atoms with Crippen LogP contribution in [0.25, 0.3) is 0 Å². The molecule has 106 valence electrons. The van der Waals surface area contributed by atoms with E-state index in [1.165, 1.54) is 12.4 Å². The third-order valence-electron chi connectivity index (χ3n) is 3.07. The van der Waals surface area contributed by atoms with Crippen molar-refractivity contribution in [3.63, 3.8) is 0 Å². The Labute approximate surface area is 111 Å². The van der Waals surface area contributed by atoms with E-state index in [-0.39, 0.29) is 23.4 Å². The van der Waals surface area contributed by atoms with Crippen molar-refractivity contribution in [2.45, 2.75) is 23.8 Å². The minimum absolute atomic E-state index is 0.121. The predicted molar refractivity (Wildman–Crippen MR) is 67.6 cm³/mol. The summed E-state index contributed by atoms with van der Waals surface area (Å²) in [6.07, 6.45) is 3.92. The molecule has 0 atom stereocenters. The monoisotopic (exact) mass is 287 g/mol. The van der Waals surface area contributed by atoms with Gasteiger partial charge in [-0.1, -0.05) is 0 Å². The van der Waals surface area contributed by atoms with Crippen LogP contribution in [0.2, 0.25) is 0 Å². The molecule has 1 fully saturated rings. The molecule has 1 aliphatic rings. The zero-order valence-corrected chi connectivity index (χ0v) is 11.2. The van der Waals surface area contributed by atoms with Crippen molar-refractivity contribution >= 4 is 15.9 Å². The van der Waals surface area contributed by atoms with Gasteiger partial charge in [0.1, 0.15) is 4.90 Å². The van der Waals surface area contributed by atoms with Gasteiger partial charge in [-0.15, -0.1) is 0 Å². The number of primary amides is 1. The predicted octanol–water partition coefficient (Wildman–Crippen LogP) is -1.36. The molecule has 4 N–H and O–H groups in total. The van der Waals surface area contributed by atoms with Crippen molar-refractivity contribution < 1.29 is 13.2 Å². The molecule has 0 unspecified atom stereocenters. The lowest BCUT2D eigenvalue weighted by molar-refractivity contribution is -0.119. The lowest BCUT2D eigenvalue weighted by Crippen LogP contribution is -2.46. The van der Waals surface area contributed by atoms with E-state index in [9.17, 15) is 13.2 Å². The number of amides is 1. The summed E-state index contributed by atoms with van der Waals surface area (Å²) < 4.78 is 26.6. The molecule has 1 aromatic rings. The smallest absolute Gasteiger partial charge is 0.243 e. The van der Waals surface area contributed by atoms with Crippen LogP contribution in [0.3, 0.4) is 0 Å². The first kappa shape index (κ1) is 14.0. The molecule has 19 heavy (non-hydrogen) atoms. The summed E-state index contributed by atoms with van der Waals surface area (Å²) in [5.74, 6) is -0.363. The number of carbonyl (C=O) groups is 1. The van der Waals surface area contributed by atoms with Crippen LogP contribution in [0.1, 0.15) is 12.8 Å². The molecular weight excluding hydrogens is 270 g/mol. The van der Waals surface area contributed by atoms with E-state index in [4.69, 9.17) is 5.73 Å². The second-order valence-electron chi connectivity index (χ2n) is 4.57. The Morgan fingerprint density at radius 2 is 2.21 bits per heavy atom. The second kappa shape index (κ2) is 5.68. The molecule has 0 aliphatic carbocycles. The van der Waals surface area contributed by atoms with Crippen LogP contribution < -0.4 is 10.5 Å². The number of piperidine rings is 1. The highest BCUT2D eigenvalue weighted by molar-refractivity contribution is 7.89. The topological polar surface area (TPSA) is 121 Å². The number of likely N-dealkylation sites (tertiary alicyclic amines) is 1. The van der Waals surface area contributed by atoms with E-state index < -0.39 is 10.0 Å². The third-order valence-corrected chi connectivity index (χ3v) is 4.56. The van der Waals surface area contributed by atoms with Crippen molar-refractivity contribution in [3.05, 3.63) is 12.4 Å². The first-order chi connectivity index (χ1) is 8.97. The number of nitrogens with one attached hydrogen (secondary N) is 2. The Kier molecular flexibility index (Phi) is 4.17. The molecule has 0 bridgehead atoms. The molecule has 0 aromatic carbocycles. The summed E-state index contributed by atoms with van der Waals surface area (Å²) in [6, 6.07) is -0.121. The number of hydrogen-bond acceptors (Lipinski definition) is 5. The number of nitrogens with zero attached hydrogens (tertiary/aromatic N) is 2. The summed E-state index contributed by atoms with van der Waals surface area (Å²) in [7, 11) is -3.51. The largest absolute Gasteiger partial charge is 0.369 e. The van der Waals surface area contributed by atoms with Crippen LogP contribution in [-0.4, -0.2) is 55.1 Å². The normalized spacial score (nSPS) is 18.5. The number of H-pyrrole nitrogens is 1. The lowest BCUT2D eigenvalue weighted by atomic mass is 10.1. The number of carbonyl (C=O) groups excluding carboxylic acids is 1. The van der Waals surface area contributed by atoms with Crippen molar-refractivity contribution in [1.29, 1.82) is 0 Å². The highest BCUT2D eigenvalue weighted by atomic mass is 32.2. The first-order valence-electron chi connectivity index (χ1n) is 5.99. The van der Waals surface area contributed by atoms with Crippen LogP contribution in [0.15, 0.2) is 17.3 Å². The Bertz CT molecular complexity index is 519. The number of nitrogens with two attached hydrogens (primary N) is 1. The maximum absolute atomic E-state index is 12.0. The third kappa shape index (κ3) is 3.75. The summed E-state index contributed by atoms with van der Waals surface area (Å²) in [4.78, 5) is 12.8. The molecule has 8 nitrogen and oxygen atoms in total. The number of aromatic nitrogens is 2. The van der Waals surface area contributed by atoms with Crippen molar-refractivity contribution in [1.82, 2.24) is 19.8 Å². The van der Waals surface area contributed by atoms with Gasteiger partial charge in [-0.25, -0.2) is 13.1 Å². The minimum Gasteiger partial charge on any atom is -0.369 e. The van der Waals surface area contributed by atoms with Crippen LogP contribution >= 0.6 is 0 Å². The zero-order valence-electron chi connectivity index (χ0n) is 10.4. The summed E-state index contributed by atoms with van der Waals surface area (Å²) in [5.41, 5.74) is 5.12. The van der Waals surface area contributed by atoms with Gasteiger partial charge in [-0.3, -0.25) is 14.8 Å². The van der Waals surface area contributed by atoms with E-state index in [2.05, 4.69) is 14.9 Å². The maximum Gasteiger partial charge on any atom is 0.243 e. The van der Waals surface area contributed by atoms with Gasteiger partial charge in [0, 0.05) is 25.3 Å². The minimum atomic E-state index is -3.51. The summed E-state index contributed by atoms with van der Waals surface area (Å²) in [5, 5.41) is 6.10. The lowest BCUT2D eigenvalue weighted by Gasteiger charge is -2.31. The van der Waals surface area contributed by atoms with E-state index in [1.807, 2.05) is 4.90 Å². The molecule has 0 radical (unpaired) electrons. The summed E-state index contributed by atoms with van der Waals surface area (Å²) in [6.45, 7) is 1.53. The maximum atomic E-state index is 12.0. The fraction of sp³-hybridized carbons (Fsp3) is 0.600. The SMILES string of the molecule is NC(=O)CN1CCC(NS(=O)(=O)c2cn[nH]c2)CC1. The Morgan fingerprint density at radius 1 is 1.53 bits per heavy atom. The first-order valence-corrected chi connectivity index (χ1v) is 7.47. The van der Waals surface area contributed by atoms with Crippen LogP contribution in [-0.2, 0) is 14.8 Å². The molecule has 9 heteroatoms. The van der Waals surface area contributed by atoms with Gasteiger partial charge in [0.15, 0.2) is 0 Å². The molecule has 0 spiro atoms. The quantitative estimate of drug-likeness (QED) is 0.617. The van der Waals surface area contributed by atoms with E-state index >= 15 is 0 Å². The fourth-order valence-corrected chi connectivity index (χ4v) is 3.31. The Hall–Kier alpha value is -1.45. The van der Waals surface area contributed by atoms with Crippen molar-refractivity contribution in [2.24, 2.45) is 5.73 Å². The van der Waals surface area contributed by atoms with Gasteiger partial charge < -0.3 is 5.73 Å². The van der Waals surface area contributed by atoms with Gasteiger partial charge in [0.05, 0.1) is 12.7 Å².